The van der Waals surface area contributed by atoms with Crippen LogP contribution in [-0.4, -0.2) is 52.4 Å². The standard InChI is InChI=1S/C26H31N3OS/c1-17-24(31-25(27-17)18-8-3-2-4-9-18)26(30)29-13-7-10-19-14-20-15-21(23(19)29)16-28-12-6-5-11-22(20)28/h2-4,8-9,14,20-23H,5-7,10-13,15-16H2,1H3. The fraction of sp³-hybridized carbons (Fsp3) is 0.538. The Morgan fingerprint density at radius 1 is 1.13 bits per heavy atom. The van der Waals surface area contributed by atoms with Gasteiger partial charge in [0, 0.05) is 24.7 Å². The summed E-state index contributed by atoms with van der Waals surface area (Å²) in [5.74, 6) is 1.49. The van der Waals surface area contributed by atoms with Crippen LogP contribution < -0.4 is 0 Å². The van der Waals surface area contributed by atoms with E-state index in [1.54, 1.807) is 16.9 Å². The van der Waals surface area contributed by atoms with Gasteiger partial charge in [0.15, 0.2) is 0 Å². The van der Waals surface area contributed by atoms with Crippen LogP contribution in [0.1, 0.15) is 53.9 Å². The number of hydrogen-bond donors (Lipinski definition) is 0. The lowest BCUT2D eigenvalue weighted by atomic mass is 9.68. The van der Waals surface area contributed by atoms with E-state index in [4.69, 9.17) is 4.98 Å². The maximum Gasteiger partial charge on any atom is 0.266 e. The van der Waals surface area contributed by atoms with E-state index in [-0.39, 0.29) is 5.91 Å². The number of hydrogen-bond acceptors (Lipinski definition) is 4. The van der Waals surface area contributed by atoms with Crippen LogP contribution in [0.25, 0.3) is 10.6 Å². The Kier molecular flexibility index (Phi) is 4.99. The molecule has 4 nitrogen and oxygen atoms in total. The molecule has 4 heterocycles. The quantitative estimate of drug-likeness (QED) is 0.614. The summed E-state index contributed by atoms with van der Waals surface area (Å²) in [6.45, 7) is 5.29. The third-order valence-corrected chi connectivity index (χ3v) is 9.12. The van der Waals surface area contributed by atoms with Gasteiger partial charge in [0.2, 0.25) is 0 Å². The molecule has 2 aromatic rings. The normalized spacial score (nSPS) is 30.4. The average molecular weight is 434 g/mol. The molecule has 2 bridgehead atoms. The van der Waals surface area contributed by atoms with Crippen LogP contribution in [0, 0.1) is 18.8 Å². The average Bonchev–Trinajstić information content (AvgIpc) is 3.20. The van der Waals surface area contributed by atoms with E-state index in [0.717, 1.165) is 40.1 Å². The fourth-order valence-electron chi connectivity index (χ4n) is 6.63. The van der Waals surface area contributed by atoms with Crippen molar-refractivity contribution >= 4 is 17.2 Å². The van der Waals surface area contributed by atoms with Gasteiger partial charge in [-0.25, -0.2) is 4.98 Å². The zero-order valence-electron chi connectivity index (χ0n) is 18.3. The van der Waals surface area contributed by atoms with E-state index >= 15 is 0 Å². The molecule has 1 aromatic carbocycles. The predicted molar refractivity (Wildman–Crippen MR) is 125 cm³/mol. The highest BCUT2D eigenvalue weighted by Crippen LogP contribution is 2.45. The summed E-state index contributed by atoms with van der Waals surface area (Å²) in [4.78, 5) is 24.4. The fourth-order valence-corrected chi connectivity index (χ4v) is 7.66. The van der Waals surface area contributed by atoms with Gasteiger partial charge >= 0.3 is 0 Å². The monoisotopic (exact) mass is 433 g/mol. The number of likely N-dealkylation sites (tertiary alicyclic amines) is 1. The Morgan fingerprint density at radius 3 is 2.87 bits per heavy atom. The number of aromatic nitrogens is 1. The molecule has 4 aliphatic rings. The zero-order chi connectivity index (χ0) is 20.9. The van der Waals surface area contributed by atoms with Crippen LogP contribution >= 0.6 is 11.3 Å². The minimum Gasteiger partial charge on any atom is -0.331 e. The molecule has 4 atom stereocenters. The van der Waals surface area contributed by atoms with Crippen LogP contribution in [0.15, 0.2) is 42.0 Å². The van der Waals surface area contributed by atoms with Crippen LogP contribution in [0.5, 0.6) is 0 Å². The molecular formula is C26H31N3OS. The maximum absolute atomic E-state index is 13.8. The summed E-state index contributed by atoms with van der Waals surface area (Å²) < 4.78 is 0. The van der Waals surface area contributed by atoms with Crippen molar-refractivity contribution in [2.24, 2.45) is 11.8 Å². The van der Waals surface area contributed by atoms with Crippen LogP contribution in [0.3, 0.4) is 0 Å². The van der Waals surface area contributed by atoms with Crippen molar-refractivity contribution < 1.29 is 4.79 Å². The van der Waals surface area contributed by atoms with Crippen molar-refractivity contribution in [2.75, 3.05) is 19.6 Å². The second kappa shape index (κ2) is 7.86. The summed E-state index contributed by atoms with van der Waals surface area (Å²) >= 11 is 1.56. The van der Waals surface area contributed by atoms with Crippen molar-refractivity contribution in [3.8, 4) is 10.6 Å². The number of thiazole rings is 1. The smallest absolute Gasteiger partial charge is 0.266 e. The summed E-state index contributed by atoms with van der Waals surface area (Å²) in [5, 5.41) is 0.951. The molecule has 3 fully saturated rings. The first-order chi connectivity index (χ1) is 15.2. The van der Waals surface area contributed by atoms with Crippen molar-refractivity contribution in [1.29, 1.82) is 0 Å². The number of rotatable bonds is 2. The lowest BCUT2D eigenvalue weighted by Gasteiger charge is -2.54. The molecule has 0 spiro atoms. The topological polar surface area (TPSA) is 36.4 Å². The van der Waals surface area contributed by atoms with Gasteiger partial charge < -0.3 is 4.90 Å². The number of benzene rings is 1. The van der Waals surface area contributed by atoms with Crippen molar-refractivity contribution in [3.05, 3.63) is 52.6 Å². The zero-order valence-corrected chi connectivity index (χ0v) is 19.1. The van der Waals surface area contributed by atoms with E-state index in [1.165, 1.54) is 45.2 Å². The number of amides is 1. The molecule has 1 aromatic heterocycles. The summed E-state index contributed by atoms with van der Waals surface area (Å²) in [6, 6.07) is 11.3. The molecule has 162 valence electrons. The molecule has 3 aliphatic heterocycles. The lowest BCUT2D eigenvalue weighted by molar-refractivity contribution is 0.00159. The molecule has 0 saturated carbocycles. The largest absolute Gasteiger partial charge is 0.331 e. The molecule has 0 radical (unpaired) electrons. The number of aryl methyl sites for hydroxylation is 1. The summed E-state index contributed by atoms with van der Waals surface area (Å²) in [6.07, 6.45) is 10.2. The minimum atomic E-state index is 0.201. The van der Waals surface area contributed by atoms with Gasteiger partial charge in [-0.2, -0.15) is 0 Å². The highest BCUT2D eigenvalue weighted by molar-refractivity contribution is 7.17. The van der Waals surface area contributed by atoms with Gasteiger partial charge in [-0.05, 0) is 57.4 Å². The number of carbonyl (C=O) groups excluding carboxylic acids is 1. The Morgan fingerprint density at radius 2 is 2.00 bits per heavy atom. The van der Waals surface area contributed by atoms with Gasteiger partial charge in [0.25, 0.3) is 5.91 Å². The van der Waals surface area contributed by atoms with E-state index in [1.807, 2.05) is 25.1 Å². The predicted octanol–water partition coefficient (Wildman–Crippen LogP) is 5.15. The van der Waals surface area contributed by atoms with E-state index in [0.29, 0.717) is 17.9 Å². The Labute approximate surface area is 189 Å². The van der Waals surface area contributed by atoms with Crippen LogP contribution in [-0.2, 0) is 0 Å². The minimum absolute atomic E-state index is 0.201. The van der Waals surface area contributed by atoms with Crippen molar-refractivity contribution in [3.63, 3.8) is 0 Å². The highest BCUT2D eigenvalue weighted by atomic mass is 32.1. The first kappa shape index (κ1) is 19.7. The number of nitrogens with zero attached hydrogens (tertiary/aromatic N) is 3. The lowest BCUT2D eigenvalue weighted by Crippen LogP contribution is -2.60. The first-order valence-electron chi connectivity index (χ1n) is 12.0. The van der Waals surface area contributed by atoms with Gasteiger partial charge in [0.1, 0.15) is 9.88 Å². The van der Waals surface area contributed by atoms with E-state index in [2.05, 4.69) is 28.0 Å². The number of fused-ring (bicyclic) bond motifs is 6. The summed E-state index contributed by atoms with van der Waals surface area (Å²) in [7, 11) is 0. The maximum atomic E-state index is 13.8. The molecule has 1 amide bonds. The molecular weight excluding hydrogens is 402 g/mol. The number of carbonyl (C=O) groups is 1. The second-order valence-electron chi connectivity index (χ2n) is 9.81. The SMILES string of the molecule is Cc1nc(-c2ccccc2)sc1C(=O)N1CCCC2=CC3CC(CN4CCCCC34)C21. The molecule has 3 saturated heterocycles. The molecule has 0 N–H and O–H groups in total. The highest BCUT2D eigenvalue weighted by Gasteiger charge is 2.47. The van der Waals surface area contributed by atoms with Crippen molar-refractivity contribution in [2.45, 2.75) is 57.5 Å². The van der Waals surface area contributed by atoms with Gasteiger partial charge in [-0.1, -0.05) is 48.4 Å². The van der Waals surface area contributed by atoms with E-state index in [9.17, 15) is 4.79 Å². The molecule has 4 unspecified atom stereocenters. The Hall–Kier alpha value is -1.98. The number of piperidine rings is 3. The van der Waals surface area contributed by atoms with Gasteiger partial charge in [-0.3, -0.25) is 9.69 Å². The van der Waals surface area contributed by atoms with Crippen LogP contribution in [0.4, 0.5) is 0 Å². The molecule has 6 rings (SSSR count). The van der Waals surface area contributed by atoms with Gasteiger partial charge in [0.05, 0.1) is 11.7 Å². The molecule has 5 heteroatoms. The first-order valence-corrected chi connectivity index (χ1v) is 12.8. The third kappa shape index (κ3) is 3.37. The Bertz CT molecular complexity index is 1010. The van der Waals surface area contributed by atoms with Crippen LogP contribution in [0.2, 0.25) is 0 Å². The second-order valence-corrected chi connectivity index (χ2v) is 10.8. The van der Waals surface area contributed by atoms with Crippen molar-refractivity contribution in [1.82, 2.24) is 14.8 Å². The van der Waals surface area contributed by atoms with Gasteiger partial charge in [-0.15, -0.1) is 11.3 Å². The summed E-state index contributed by atoms with van der Waals surface area (Å²) in [5.41, 5.74) is 3.52. The Balaban J connectivity index is 1.31. The molecule has 31 heavy (non-hydrogen) atoms. The molecule has 1 aliphatic carbocycles. The third-order valence-electron chi connectivity index (χ3n) is 7.93. The van der Waals surface area contributed by atoms with E-state index < -0.39 is 0 Å².